The Morgan fingerprint density at radius 1 is 0.875 bits per heavy atom. The average Bonchev–Trinajstić information content (AvgIpc) is 2.42. The fraction of sp³-hybridized carbons (Fsp3) is 0.619. The number of nitrogens with zero attached hydrogens (tertiary/aromatic N) is 1. The highest BCUT2D eigenvalue weighted by molar-refractivity contribution is 5.92. The van der Waals surface area contributed by atoms with Crippen LogP contribution in [0.4, 0.5) is 0 Å². The molecular weight excluding hydrogens is 298 g/mol. The van der Waals surface area contributed by atoms with Crippen LogP contribution >= 0.6 is 0 Å². The van der Waals surface area contributed by atoms with Crippen LogP contribution in [0.25, 0.3) is 0 Å². The second-order valence-electron chi connectivity index (χ2n) is 8.47. The van der Waals surface area contributed by atoms with Gasteiger partial charge in [-0.3, -0.25) is 14.5 Å². The van der Waals surface area contributed by atoms with Gasteiger partial charge in [0.05, 0.1) is 0 Å². The van der Waals surface area contributed by atoms with E-state index in [-0.39, 0.29) is 17.2 Å². The van der Waals surface area contributed by atoms with E-state index >= 15 is 0 Å². The van der Waals surface area contributed by atoms with E-state index in [9.17, 15) is 9.59 Å². The molecule has 0 spiro atoms. The van der Waals surface area contributed by atoms with Crippen LogP contribution < -0.4 is 0 Å². The van der Waals surface area contributed by atoms with E-state index in [0.717, 1.165) is 12.8 Å². The molecule has 1 rings (SSSR count). The van der Waals surface area contributed by atoms with E-state index in [2.05, 4.69) is 71.9 Å². The van der Waals surface area contributed by atoms with Gasteiger partial charge in [-0.2, -0.15) is 0 Å². The monoisotopic (exact) mass is 333 g/mol. The third kappa shape index (κ3) is 10.2. The van der Waals surface area contributed by atoms with Gasteiger partial charge in [-0.15, -0.1) is 0 Å². The molecule has 0 N–H and O–H groups in total. The minimum absolute atomic E-state index is 0.161. The number of amides is 2. The maximum Gasteiger partial charge on any atom is 0.226 e. The van der Waals surface area contributed by atoms with E-state index in [0.29, 0.717) is 12.0 Å². The quantitative estimate of drug-likeness (QED) is 0.763. The Labute approximate surface area is 148 Å². The standard InChI is InChI=1S/C11H21NO2.C10H14/c1-9(13)12(10(2)14)8-6-7-11(3,4)5;1-10(2,3)9-7-5-4-6-8-9/h6-8H2,1-5H3;4-8H,1-3H3. The number of carbonyl (C=O) groups excluding carboxylic acids is 2. The zero-order valence-corrected chi connectivity index (χ0v) is 16.8. The predicted molar refractivity (Wildman–Crippen MR) is 102 cm³/mol. The molecule has 136 valence electrons. The lowest BCUT2D eigenvalue weighted by Crippen LogP contribution is -2.34. The number of benzene rings is 1. The van der Waals surface area contributed by atoms with Crippen molar-refractivity contribution in [2.45, 2.75) is 73.6 Å². The topological polar surface area (TPSA) is 37.4 Å². The number of carbonyl (C=O) groups is 2. The first kappa shape index (κ1) is 22.4. The van der Waals surface area contributed by atoms with Gasteiger partial charge in [0, 0.05) is 20.4 Å². The number of hydrogen-bond donors (Lipinski definition) is 0. The number of rotatable bonds is 3. The van der Waals surface area contributed by atoms with Crippen molar-refractivity contribution in [1.82, 2.24) is 4.90 Å². The van der Waals surface area contributed by atoms with Crippen LogP contribution in [0, 0.1) is 5.41 Å². The second-order valence-corrected chi connectivity index (χ2v) is 8.47. The lowest BCUT2D eigenvalue weighted by atomic mass is 9.87. The van der Waals surface area contributed by atoms with Crippen LogP contribution in [-0.4, -0.2) is 23.3 Å². The fourth-order valence-corrected chi connectivity index (χ4v) is 2.24. The Bertz CT molecular complexity index is 493. The van der Waals surface area contributed by atoms with Crippen LogP contribution in [0.15, 0.2) is 30.3 Å². The molecular formula is C21H35NO2. The Kier molecular flexibility index (Phi) is 8.95. The molecule has 0 atom stereocenters. The molecule has 0 saturated heterocycles. The summed E-state index contributed by atoms with van der Waals surface area (Å²) in [5, 5.41) is 0. The van der Waals surface area contributed by atoms with Crippen LogP contribution in [0.5, 0.6) is 0 Å². The summed E-state index contributed by atoms with van der Waals surface area (Å²) in [7, 11) is 0. The molecule has 0 aliphatic heterocycles. The van der Waals surface area contributed by atoms with E-state index in [1.807, 2.05) is 0 Å². The lowest BCUT2D eigenvalue weighted by molar-refractivity contribution is -0.142. The first-order valence-corrected chi connectivity index (χ1v) is 8.69. The smallest absolute Gasteiger partial charge is 0.226 e. The highest BCUT2D eigenvalue weighted by Gasteiger charge is 2.15. The highest BCUT2D eigenvalue weighted by atomic mass is 16.2. The molecule has 0 unspecified atom stereocenters. The van der Waals surface area contributed by atoms with E-state index < -0.39 is 0 Å². The zero-order valence-electron chi connectivity index (χ0n) is 16.8. The largest absolute Gasteiger partial charge is 0.283 e. The van der Waals surface area contributed by atoms with E-state index in [1.165, 1.54) is 24.3 Å². The van der Waals surface area contributed by atoms with Crippen LogP contribution in [0.3, 0.4) is 0 Å². The minimum atomic E-state index is -0.161. The number of hydrogen-bond acceptors (Lipinski definition) is 2. The van der Waals surface area contributed by atoms with Gasteiger partial charge in [-0.25, -0.2) is 0 Å². The average molecular weight is 334 g/mol. The first-order valence-electron chi connectivity index (χ1n) is 8.69. The summed E-state index contributed by atoms with van der Waals surface area (Å²) in [5.41, 5.74) is 1.95. The molecule has 0 aromatic heterocycles. The summed E-state index contributed by atoms with van der Waals surface area (Å²) in [6, 6.07) is 10.6. The van der Waals surface area contributed by atoms with Crippen molar-refractivity contribution >= 4 is 11.8 Å². The molecule has 1 aromatic carbocycles. The van der Waals surface area contributed by atoms with Crippen LogP contribution in [-0.2, 0) is 15.0 Å². The van der Waals surface area contributed by atoms with Gasteiger partial charge in [0.25, 0.3) is 0 Å². The molecule has 0 bridgehead atoms. The molecule has 3 nitrogen and oxygen atoms in total. The van der Waals surface area contributed by atoms with Crippen LogP contribution in [0.2, 0.25) is 0 Å². The van der Waals surface area contributed by atoms with Crippen molar-refractivity contribution in [3.63, 3.8) is 0 Å². The van der Waals surface area contributed by atoms with Crippen molar-refractivity contribution in [2.75, 3.05) is 6.54 Å². The van der Waals surface area contributed by atoms with Gasteiger partial charge in [0.15, 0.2) is 0 Å². The molecule has 0 fully saturated rings. The summed E-state index contributed by atoms with van der Waals surface area (Å²) in [5.74, 6) is -0.321. The van der Waals surface area contributed by atoms with Gasteiger partial charge in [-0.05, 0) is 29.2 Å². The Morgan fingerprint density at radius 3 is 1.62 bits per heavy atom. The van der Waals surface area contributed by atoms with Gasteiger partial charge in [0.2, 0.25) is 11.8 Å². The first-order chi connectivity index (χ1) is 10.8. The molecule has 1 aromatic rings. The molecule has 3 heteroatoms. The molecule has 0 radical (unpaired) electrons. The normalized spacial score (nSPS) is 11.3. The van der Waals surface area contributed by atoms with Gasteiger partial charge in [0.1, 0.15) is 0 Å². The summed E-state index contributed by atoms with van der Waals surface area (Å²) in [6.45, 7) is 16.5. The van der Waals surface area contributed by atoms with Gasteiger partial charge in [-0.1, -0.05) is 71.9 Å². The zero-order chi connectivity index (χ0) is 19.0. The maximum absolute atomic E-state index is 11.0. The van der Waals surface area contributed by atoms with Crippen molar-refractivity contribution in [2.24, 2.45) is 5.41 Å². The molecule has 24 heavy (non-hydrogen) atoms. The second kappa shape index (κ2) is 9.61. The Hall–Kier alpha value is -1.64. The maximum atomic E-state index is 11.0. The highest BCUT2D eigenvalue weighted by Crippen LogP contribution is 2.21. The molecule has 2 amide bonds. The Balaban J connectivity index is 0.000000463. The summed E-state index contributed by atoms with van der Waals surface area (Å²) in [6.07, 6.45) is 1.90. The minimum Gasteiger partial charge on any atom is -0.283 e. The third-order valence-corrected chi connectivity index (χ3v) is 3.71. The summed E-state index contributed by atoms with van der Waals surface area (Å²) >= 11 is 0. The van der Waals surface area contributed by atoms with Crippen molar-refractivity contribution in [3.8, 4) is 0 Å². The molecule has 0 aliphatic carbocycles. The third-order valence-electron chi connectivity index (χ3n) is 3.71. The van der Waals surface area contributed by atoms with Crippen molar-refractivity contribution < 1.29 is 9.59 Å². The molecule has 0 saturated carbocycles. The molecule has 0 aliphatic rings. The molecule has 0 heterocycles. The number of imide groups is 1. The fourth-order valence-electron chi connectivity index (χ4n) is 2.24. The van der Waals surface area contributed by atoms with E-state index in [1.54, 1.807) is 0 Å². The van der Waals surface area contributed by atoms with Gasteiger partial charge < -0.3 is 0 Å². The van der Waals surface area contributed by atoms with Crippen molar-refractivity contribution in [1.29, 1.82) is 0 Å². The van der Waals surface area contributed by atoms with Crippen molar-refractivity contribution in [3.05, 3.63) is 35.9 Å². The SMILES string of the molecule is CC(=O)N(CCCC(C)(C)C)C(C)=O.CC(C)(C)c1ccccc1. The van der Waals surface area contributed by atoms with Gasteiger partial charge >= 0.3 is 0 Å². The Morgan fingerprint density at radius 2 is 1.33 bits per heavy atom. The summed E-state index contributed by atoms with van der Waals surface area (Å²) in [4.78, 5) is 23.4. The van der Waals surface area contributed by atoms with E-state index in [4.69, 9.17) is 0 Å². The lowest BCUT2D eigenvalue weighted by Gasteiger charge is -2.21. The summed E-state index contributed by atoms with van der Waals surface area (Å²) < 4.78 is 0. The van der Waals surface area contributed by atoms with Crippen LogP contribution in [0.1, 0.15) is 73.8 Å². The predicted octanol–water partition coefficient (Wildman–Crippen LogP) is 5.19.